The van der Waals surface area contributed by atoms with Crippen LogP contribution >= 0.6 is 0 Å². The Balaban J connectivity index is 1.68. The number of fused-ring (bicyclic) bond motifs is 2. The predicted octanol–water partition coefficient (Wildman–Crippen LogP) is 3.26. The van der Waals surface area contributed by atoms with E-state index in [0.717, 1.165) is 0 Å². The average molecular weight is 474 g/mol. The van der Waals surface area contributed by atoms with Crippen LogP contribution in [0.5, 0.6) is 0 Å². The molecule has 0 unspecified atom stereocenters. The van der Waals surface area contributed by atoms with Crippen molar-refractivity contribution >= 4 is 28.5 Å². The number of benzene rings is 1. The quantitative estimate of drug-likeness (QED) is 0.394. The number of anilines is 1. The van der Waals surface area contributed by atoms with E-state index < -0.39 is 5.41 Å². The van der Waals surface area contributed by atoms with Crippen LogP contribution in [-0.2, 0) is 16.8 Å². The second-order valence-electron chi connectivity index (χ2n) is 8.92. The van der Waals surface area contributed by atoms with Crippen LogP contribution in [0.4, 0.5) is 10.2 Å². The summed E-state index contributed by atoms with van der Waals surface area (Å²) in [4.78, 5) is 39.3. The summed E-state index contributed by atoms with van der Waals surface area (Å²) in [7, 11) is 0. The minimum Gasteiger partial charge on any atom is -0.396 e. The summed E-state index contributed by atoms with van der Waals surface area (Å²) in [6.07, 6.45) is 1.97. The normalized spacial score (nSPS) is 14.2. The lowest BCUT2D eigenvalue weighted by Gasteiger charge is -2.17. The van der Waals surface area contributed by atoms with Crippen LogP contribution in [0, 0.1) is 5.82 Å². The largest absolute Gasteiger partial charge is 0.396 e. The number of pyridine rings is 1. The first-order valence-corrected chi connectivity index (χ1v) is 11.2. The highest BCUT2D eigenvalue weighted by atomic mass is 19.1. The number of nitrogens with one attached hydrogen (secondary N) is 1. The smallest absolute Gasteiger partial charge is 0.235 e. The zero-order chi connectivity index (χ0) is 24.7. The van der Waals surface area contributed by atoms with E-state index in [1.54, 1.807) is 55.1 Å². The van der Waals surface area contributed by atoms with Crippen LogP contribution < -0.4 is 5.32 Å². The second-order valence-corrected chi connectivity index (χ2v) is 8.92. The van der Waals surface area contributed by atoms with Crippen LogP contribution in [0.15, 0.2) is 42.6 Å². The van der Waals surface area contributed by atoms with Gasteiger partial charge in [-0.15, -0.1) is 0 Å². The number of carbonyl (C=O) groups is 2. The summed E-state index contributed by atoms with van der Waals surface area (Å²) in [5, 5.41) is 17.2. The zero-order valence-corrected chi connectivity index (χ0v) is 19.2. The molecule has 1 aromatic carbocycles. The van der Waals surface area contributed by atoms with Crippen LogP contribution in [0.1, 0.15) is 48.3 Å². The van der Waals surface area contributed by atoms with Crippen molar-refractivity contribution in [2.45, 2.75) is 38.6 Å². The molecule has 0 bridgehead atoms. The average Bonchev–Trinajstić information content (AvgIpc) is 3.32. The third-order valence-corrected chi connectivity index (χ3v) is 6.16. The van der Waals surface area contributed by atoms with Gasteiger partial charge in [-0.2, -0.15) is 5.10 Å². The molecule has 4 aromatic rings. The SMILES string of the molecule is CC1(C)C(=O)Nc2nc(-c3nn(Cc4ccccc4F)c4ncccc34)nc(C(=O)CCCO)c21. The standard InChI is InChI=1S/C25H23FN6O3/c1-25(2)18-20(17(34)10-6-12-33)28-22(29-21(18)30-24(25)35)19-15-8-5-11-27-23(15)32(31-19)13-14-7-3-4-9-16(14)26/h3-5,7-9,11,33H,6,10,12-13H2,1-2H3,(H,28,29,30,35). The number of hydrogen-bond acceptors (Lipinski definition) is 7. The Hall–Kier alpha value is -4.05. The van der Waals surface area contributed by atoms with Gasteiger partial charge in [0, 0.05) is 30.4 Å². The molecule has 10 heteroatoms. The number of halogens is 1. The lowest BCUT2D eigenvalue weighted by Crippen LogP contribution is -2.28. The van der Waals surface area contributed by atoms with Gasteiger partial charge in [0.2, 0.25) is 5.91 Å². The molecule has 1 amide bonds. The van der Waals surface area contributed by atoms with Crippen molar-refractivity contribution in [3.8, 4) is 11.5 Å². The molecule has 9 nitrogen and oxygen atoms in total. The van der Waals surface area contributed by atoms with E-state index in [1.807, 2.05) is 0 Å². The van der Waals surface area contributed by atoms with Crippen molar-refractivity contribution in [2.75, 3.05) is 11.9 Å². The molecule has 0 atom stereocenters. The molecule has 1 aliphatic rings. The first-order valence-electron chi connectivity index (χ1n) is 11.2. The van der Waals surface area contributed by atoms with E-state index >= 15 is 0 Å². The second kappa shape index (κ2) is 8.62. The number of carbonyl (C=O) groups excluding carboxylic acids is 2. The van der Waals surface area contributed by atoms with Crippen LogP contribution in [0.25, 0.3) is 22.6 Å². The van der Waals surface area contributed by atoms with Crippen LogP contribution in [-0.4, -0.2) is 48.1 Å². The maximum absolute atomic E-state index is 14.3. The maximum Gasteiger partial charge on any atom is 0.235 e. The number of Topliss-reactive ketones (excluding diaryl/α,β-unsaturated/α-hetero) is 1. The fourth-order valence-electron chi connectivity index (χ4n) is 4.26. The molecule has 5 rings (SSSR count). The maximum atomic E-state index is 14.3. The van der Waals surface area contributed by atoms with Gasteiger partial charge in [-0.1, -0.05) is 18.2 Å². The number of aliphatic hydroxyl groups is 1. The molecule has 0 aliphatic carbocycles. The van der Waals surface area contributed by atoms with Gasteiger partial charge in [0.1, 0.15) is 23.0 Å². The Morgan fingerprint density at radius 2 is 1.97 bits per heavy atom. The van der Waals surface area contributed by atoms with Gasteiger partial charge in [0.15, 0.2) is 17.3 Å². The molecule has 0 saturated carbocycles. The molecule has 4 heterocycles. The summed E-state index contributed by atoms with van der Waals surface area (Å²) in [6.45, 7) is 3.42. The van der Waals surface area contributed by atoms with Crippen molar-refractivity contribution in [2.24, 2.45) is 0 Å². The lowest BCUT2D eigenvalue weighted by molar-refractivity contribution is -0.119. The van der Waals surface area contributed by atoms with Crippen molar-refractivity contribution < 1.29 is 19.1 Å². The first-order chi connectivity index (χ1) is 16.8. The van der Waals surface area contributed by atoms with Gasteiger partial charge < -0.3 is 10.4 Å². The number of ketones is 1. The molecular formula is C25H23FN6O3. The molecule has 0 radical (unpaired) electrons. The van der Waals surface area contributed by atoms with E-state index in [0.29, 0.717) is 27.9 Å². The number of aliphatic hydroxyl groups excluding tert-OH is 1. The fraction of sp³-hybridized carbons (Fsp3) is 0.280. The summed E-state index contributed by atoms with van der Waals surface area (Å²) in [6, 6.07) is 9.96. The van der Waals surface area contributed by atoms with E-state index in [9.17, 15) is 19.1 Å². The fourth-order valence-corrected chi connectivity index (χ4v) is 4.26. The van der Waals surface area contributed by atoms with Crippen molar-refractivity contribution in [1.82, 2.24) is 24.7 Å². The molecule has 0 fully saturated rings. The molecule has 0 spiro atoms. The number of nitrogens with zero attached hydrogens (tertiary/aromatic N) is 5. The van der Waals surface area contributed by atoms with Crippen molar-refractivity contribution in [1.29, 1.82) is 0 Å². The van der Waals surface area contributed by atoms with E-state index in [2.05, 4.69) is 25.4 Å². The van der Waals surface area contributed by atoms with Gasteiger partial charge in [0.05, 0.1) is 17.3 Å². The molecule has 178 valence electrons. The van der Waals surface area contributed by atoms with Gasteiger partial charge in [-0.3, -0.25) is 9.59 Å². The van der Waals surface area contributed by atoms with Gasteiger partial charge in [-0.05, 0) is 38.5 Å². The highest BCUT2D eigenvalue weighted by Crippen LogP contribution is 2.40. The molecule has 0 saturated heterocycles. The minimum atomic E-state index is -0.994. The van der Waals surface area contributed by atoms with E-state index in [-0.39, 0.29) is 60.8 Å². The summed E-state index contributed by atoms with van der Waals surface area (Å²) in [5.41, 5.74) is 0.879. The van der Waals surface area contributed by atoms with Crippen LogP contribution in [0.2, 0.25) is 0 Å². The first kappa shape index (κ1) is 22.7. The monoisotopic (exact) mass is 474 g/mol. The van der Waals surface area contributed by atoms with Gasteiger partial charge in [0.25, 0.3) is 0 Å². The Labute approximate surface area is 200 Å². The molecule has 1 aliphatic heterocycles. The van der Waals surface area contributed by atoms with E-state index in [1.165, 1.54) is 6.07 Å². The summed E-state index contributed by atoms with van der Waals surface area (Å²) >= 11 is 0. The molecular weight excluding hydrogens is 451 g/mol. The lowest BCUT2D eigenvalue weighted by atomic mass is 9.84. The topological polar surface area (TPSA) is 123 Å². The summed E-state index contributed by atoms with van der Waals surface area (Å²) in [5.74, 6) is -0.523. The number of hydrogen-bond donors (Lipinski definition) is 2. The molecule has 35 heavy (non-hydrogen) atoms. The van der Waals surface area contributed by atoms with Crippen molar-refractivity contribution in [3.05, 3.63) is 65.2 Å². The predicted molar refractivity (Wildman–Crippen MR) is 126 cm³/mol. The van der Waals surface area contributed by atoms with Crippen LogP contribution in [0.3, 0.4) is 0 Å². The Kier molecular flexibility index (Phi) is 5.60. The highest BCUT2D eigenvalue weighted by molar-refractivity contribution is 6.09. The third kappa shape index (κ3) is 3.85. The molecule has 2 N–H and O–H groups in total. The van der Waals surface area contributed by atoms with Gasteiger partial charge >= 0.3 is 0 Å². The number of rotatable bonds is 7. The Morgan fingerprint density at radius 3 is 2.74 bits per heavy atom. The Bertz CT molecular complexity index is 1480. The minimum absolute atomic E-state index is 0.0771. The van der Waals surface area contributed by atoms with Crippen molar-refractivity contribution in [3.63, 3.8) is 0 Å². The van der Waals surface area contributed by atoms with E-state index in [4.69, 9.17) is 0 Å². The zero-order valence-electron chi connectivity index (χ0n) is 19.2. The number of amides is 1. The number of aromatic nitrogens is 5. The molecule has 3 aromatic heterocycles. The summed E-state index contributed by atoms with van der Waals surface area (Å²) < 4.78 is 15.9. The third-order valence-electron chi connectivity index (χ3n) is 6.16. The van der Waals surface area contributed by atoms with Gasteiger partial charge in [-0.25, -0.2) is 24.0 Å². The highest BCUT2D eigenvalue weighted by Gasteiger charge is 2.44. The Morgan fingerprint density at radius 1 is 1.17 bits per heavy atom.